The highest BCUT2D eigenvalue weighted by Gasteiger charge is 2.44. The highest BCUT2D eigenvalue weighted by molar-refractivity contribution is 7.89. The maximum Gasteiger partial charge on any atom is 0.407 e. The van der Waals surface area contributed by atoms with Crippen LogP contribution in [-0.4, -0.2) is 84.7 Å². The highest BCUT2D eigenvalue weighted by atomic mass is 32.2. The van der Waals surface area contributed by atoms with Gasteiger partial charge in [0, 0.05) is 35.0 Å². The molecule has 258 valence electrons. The number of amides is 1. The molecule has 2 unspecified atom stereocenters. The largest absolute Gasteiger partial charge is 0.460 e. The summed E-state index contributed by atoms with van der Waals surface area (Å²) in [6, 6.07) is 14.9. The number of sulfonamides is 1. The number of ether oxygens (including phenoxy) is 3. The van der Waals surface area contributed by atoms with Gasteiger partial charge in [-0.1, -0.05) is 57.5 Å². The molecule has 0 saturated carbocycles. The molecule has 5 rings (SSSR count). The van der Waals surface area contributed by atoms with E-state index >= 15 is 0 Å². The van der Waals surface area contributed by atoms with Crippen LogP contribution in [0.3, 0.4) is 0 Å². The molecule has 0 spiro atoms. The third kappa shape index (κ3) is 9.21. The molecule has 13 heteroatoms. The molecule has 2 fully saturated rings. The Morgan fingerprint density at radius 3 is 2.66 bits per heavy atom. The summed E-state index contributed by atoms with van der Waals surface area (Å²) in [5.74, 6) is 1.30. The molecule has 0 radical (unpaired) electrons. The zero-order valence-electron chi connectivity index (χ0n) is 27.2. The maximum absolute atomic E-state index is 14.1. The van der Waals surface area contributed by atoms with Crippen LogP contribution < -0.4 is 5.32 Å². The van der Waals surface area contributed by atoms with Crippen molar-refractivity contribution in [3.05, 3.63) is 65.9 Å². The first kappa shape index (κ1) is 35.5. The second kappa shape index (κ2) is 16.1. The van der Waals surface area contributed by atoms with Crippen molar-refractivity contribution in [1.82, 2.24) is 9.62 Å². The third-order valence-corrected chi connectivity index (χ3v) is 11.7. The Morgan fingerprint density at radius 2 is 1.91 bits per heavy atom. The number of fused-ring (bicyclic) bond motifs is 2. The van der Waals surface area contributed by atoms with Crippen LogP contribution >= 0.6 is 0 Å². The van der Waals surface area contributed by atoms with Gasteiger partial charge < -0.3 is 29.1 Å². The fourth-order valence-electron chi connectivity index (χ4n) is 6.03. The Balaban J connectivity index is 1.33. The second-order valence-electron chi connectivity index (χ2n) is 12.7. The first-order valence-electron chi connectivity index (χ1n) is 16.3. The number of nitrogens with one attached hydrogen (secondary N) is 1. The summed E-state index contributed by atoms with van der Waals surface area (Å²) < 4.78 is 64.6. The van der Waals surface area contributed by atoms with Gasteiger partial charge in [-0.2, -0.15) is 4.31 Å². The fourth-order valence-corrected chi connectivity index (χ4v) is 8.90. The monoisotopic (exact) mass is 690 g/mol. The van der Waals surface area contributed by atoms with Gasteiger partial charge in [-0.3, -0.25) is 4.21 Å². The molecule has 2 aromatic carbocycles. The van der Waals surface area contributed by atoms with E-state index in [-0.39, 0.29) is 54.9 Å². The molecule has 2 aliphatic rings. The van der Waals surface area contributed by atoms with Crippen LogP contribution in [0.5, 0.6) is 0 Å². The lowest BCUT2D eigenvalue weighted by molar-refractivity contribution is -0.0907. The SMILES string of the molecule is CCCCS(=O)Cc1cc2cc(S(=O)(=O)N(CC(C)C)C[C@@H](O)[C@H](Cc3ccccc3)NC(=O)OC3CO[C@H]4OCC[C@@H]34)ccc2o1. The summed E-state index contributed by atoms with van der Waals surface area (Å²) in [5.41, 5.74) is 1.37. The van der Waals surface area contributed by atoms with E-state index in [4.69, 9.17) is 18.6 Å². The minimum atomic E-state index is -4.07. The average molecular weight is 691 g/mol. The van der Waals surface area contributed by atoms with Gasteiger partial charge in [-0.15, -0.1) is 0 Å². The molecule has 1 aromatic heterocycles. The van der Waals surface area contributed by atoms with Crippen LogP contribution in [-0.2, 0) is 47.2 Å². The standard InChI is InChI=1S/C34H46N2O9S2/c1-4-5-15-46(39)22-26-17-25-18-27(11-12-31(25)44-26)47(40,41)36(19-23(2)3)20-30(37)29(16-24-9-7-6-8-10-24)35-34(38)45-32-21-43-33-28(32)13-14-42-33/h6-12,17-18,23,28-30,32-33,37H,4-5,13-16,19-22H2,1-3H3,(H,35,38)/t28-,29-,30+,32?,33+,46?/m0/s1. The van der Waals surface area contributed by atoms with Crippen molar-refractivity contribution in [3.8, 4) is 0 Å². The van der Waals surface area contributed by atoms with Gasteiger partial charge in [0.2, 0.25) is 10.0 Å². The summed E-state index contributed by atoms with van der Waals surface area (Å²) in [7, 11) is -5.14. The van der Waals surface area contributed by atoms with Gasteiger partial charge in [0.15, 0.2) is 6.29 Å². The molecule has 2 saturated heterocycles. The number of aliphatic hydroxyl groups excluding tert-OH is 1. The zero-order valence-corrected chi connectivity index (χ0v) is 28.8. The molecule has 6 atom stereocenters. The topological polar surface area (TPSA) is 145 Å². The summed E-state index contributed by atoms with van der Waals surface area (Å²) in [6.07, 6.45) is -0.0180. The number of hydrogen-bond acceptors (Lipinski definition) is 9. The second-order valence-corrected chi connectivity index (χ2v) is 16.3. The van der Waals surface area contributed by atoms with Gasteiger partial charge in [0.25, 0.3) is 0 Å². The van der Waals surface area contributed by atoms with Crippen LogP contribution in [0.25, 0.3) is 11.0 Å². The van der Waals surface area contributed by atoms with E-state index in [1.165, 1.54) is 10.4 Å². The van der Waals surface area contributed by atoms with Crippen molar-refractivity contribution in [2.24, 2.45) is 11.8 Å². The minimum Gasteiger partial charge on any atom is -0.460 e. The highest BCUT2D eigenvalue weighted by Crippen LogP contribution is 2.33. The minimum absolute atomic E-state index is 0.0447. The van der Waals surface area contributed by atoms with Crippen molar-refractivity contribution in [2.45, 2.75) is 81.6 Å². The molecule has 47 heavy (non-hydrogen) atoms. The van der Waals surface area contributed by atoms with Gasteiger partial charge in [0.05, 0.1) is 41.9 Å². The van der Waals surface area contributed by atoms with Crippen molar-refractivity contribution in [1.29, 1.82) is 0 Å². The van der Waals surface area contributed by atoms with E-state index in [9.17, 15) is 22.5 Å². The summed E-state index contributed by atoms with van der Waals surface area (Å²) >= 11 is 0. The van der Waals surface area contributed by atoms with Crippen LogP contribution in [0.1, 0.15) is 51.4 Å². The number of carbonyl (C=O) groups is 1. The van der Waals surface area contributed by atoms with Gasteiger partial charge in [0.1, 0.15) is 17.4 Å². The predicted molar refractivity (Wildman–Crippen MR) is 179 cm³/mol. The maximum atomic E-state index is 14.1. The Labute approximate surface area is 279 Å². The van der Waals surface area contributed by atoms with Gasteiger partial charge in [-0.05, 0) is 55.0 Å². The summed E-state index contributed by atoms with van der Waals surface area (Å²) in [5, 5.41) is 15.0. The molecule has 3 heterocycles. The molecule has 2 N–H and O–H groups in total. The van der Waals surface area contributed by atoms with Gasteiger partial charge in [-0.25, -0.2) is 13.2 Å². The number of unbranched alkanes of at least 4 members (excludes halogenated alkanes) is 1. The lowest BCUT2D eigenvalue weighted by Gasteiger charge is -2.31. The van der Waals surface area contributed by atoms with E-state index in [0.29, 0.717) is 29.1 Å². The van der Waals surface area contributed by atoms with E-state index in [0.717, 1.165) is 24.8 Å². The van der Waals surface area contributed by atoms with Crippen molar-refractivity contribution in [3.63, 3.8) is 0 Å². The number of carbonyl (C=O) groups excluding carboxylic acids is 1. The normalized spacial score (nSPS) is 21.6. The molecule has 0 bridgehead atoms. The Kier molecular flexibility index (Phi) is 12.1. The van der Waals surface area contributed by atoms with Crippen LogP contribution in [0.15, 0.2) is 63.9 Å². The Bertz CT molecular complexity index is 1610. The lowest BCUT2D eigenvalue weighted by Crippen LogP contribution is -2.51. The average Bonchev–Trinajstić information content (AvgIpc) is 3.76. The Hall–Kier alpha value is -2.81. The van der Waals surface area contributed by atoms with Crippen molar-refractivity contribution >= 4 is 37.9 Å². The number of hydrogen-bond donors (Lipinski definition) is 2. The van der Waals surface area contributed by atoms with Crippen molar-refractivity contribution in [2.75, 3.05) is 32.1 Å². The molecular weight excluding hydrogens is 645 g/mol. The Morgan fingerprint density at radius 1 is 1.13 bits per heavy atom. The predicted octanol–water partition coefficient (Wildman–Crippen LogP) is 4.59. The fraction of sp³-hybridized carbons (Fsp3) is 0.559. The number of nitrogens with zero attached hydrogens (tertiary/aromatic N) is 1. The molecule has 1 amide bonds. The van der Waals surface area contributed by atoms with Crippen LogP contribution in [0.2, 0.25) is 0 Å². The van der Waals surface area contributed by atoms with Gasteiger partial charge >= 0.3 is 6.09 Å². The smallest absolute Gasteiger partial charge is 0.407 e. The number of benzene rings is 2. The first-order valence-corrected chi connectivity index (χ1v) is 19.3. The van der Waals surface area contributed by atoms with E-state index < -0.39 is 45.2 Å². The summed E-state index contributed by atoms with van der Waals surface area (Å²) in [6.45, 7) is 6.52. The quantitative estimate of drug-likeness (QED) is 0.221. The number of alkyl carbamates (subject to hydrolysis) is 1. The number of rotatable bonds is 16. The van der Waals surface area contributed by atoms with E-state index in [1.54, 1.807) is 18.2 Å². The number of furan rings is 1. The molecule has 0 aliphatic carbocycles. The molecular formula is C34H46N2O9S2. The summed E-state index contributed by atoms with van der Waals surface area (Å²) in [4.78, 5) is 13.2. The molecule has 11 nitrogen and oxygen atoms in total. The first-order chi connectivity index (χ1) is 22.5. The zero-order chi connectivity index (χ0) is 33.6. The van der Waals surface area contributed by atoms with Crippen molar-refractivity contribution < 1.29 is 41.2 Å². The van der Waals surface area contributed by atoms with E-state index in [2.05, 4.69) is 5.32 Å². The third-order valence-electron chi connectivity index (χ3n) is 8.47. The molecule has 2 aliphatic heterocycles. The lowest BCUT2D eigenvalue weighted by atomic mass is 10.0. The van der Waals surface area contributed by atoms with E-state index in [1.807, 2.05) is 51.1 Å². The number of aliphatic hydroxyl groups is 1. The van der Waals surface area contributed by atoms with Crippen LogP contribution in [0.4, 0.5) is 4.79 Å². The molecule has 3 aromatic rings. The van der Waals surface area contributed by atoms with Crippen LogP contribution in [0, 0.1) is 11.8 Å².